The lowest BCUT2D eigenvalue weighted by Crippen LogP contribution is -2.27. The first kappa shape index (κ1) is 12.9. The van der Waals surface area contributed by atoms with Gasteiger partial charge >= 0.3 is 0 Å². The highest BCUT2D eigenvalue weighted by Crippen LogP contribution is 2.09. The summed E-state index contributed by atoms with van der Waals surface area (Å²) in [7, 11) is 0. The van der Waals surface area contributed by atoms with Gasteiger partial charge in [0.05, 0.1) is 18.3 Å². The predicted molar refractivity (Wildman–Crippen MR) is 56.0 cm³/mol. The van der Waals surface area contributed by atoms with Gasteiger partial charge in [0.25, 0.3) is 0 Å². The lowest BCUT2D eigenvalue weighted by molar-refractivity contribution is -0.0732. The average molecular weight is 188 g/mol. The second kappa shape index (κ2) is 6.39. The highest BCUT2D eigenvalue weighted by Gasteiger charge is 2.14. The van der Waals surface area contributed by atoms with Crippen LogP contribution in [0.3, 0.4) is 0 Å². The summed E-state index contributed by atoms with van der Waals surface area (Å²) in [5.41, 5.74) is -0.0526. The van der Waals surface area contributed by atoms with Crippen molar-refractivity contribution < 1.29 is 9.47 Å². The molecule has 0 rings (SSSR count). The maximum absolute atomic E-state index is 5.65. The summed E-state index contributed by atoms with van der Waals surface area (Å²) < 4.78 is 11.3. The molecule has 80 valence electrons. The van der Waals surface area contributed by atoms with Crippen molar-refractivity contribution in [3.8, 4) is 0 Å². The van der Waals surface area contributed by atoms with E-state index in [4.69, 9.17) is 9.47 Å². The van der Waals surface area contributed by atoms with Crippen LogP contribution in [-0.2, 0) is 9.47 Å². The lowest BCUT2D eigenvalue weighted by Gasteiger charge is -2.23. The summed E-state index contributed by atoms with van der Waals surface area (Å²) >= 11 is 0. The summed E-state index contributed by atoms with van der Waals surface area (Å²) in [6.45, 7) is 12.0. The van der Waals surface area contributed by atoms with Gasteiger partial charge < -0.3 is 9.47 Å². The van der Waals surface area contributed by atoms with Crippen molar-refractivity contribution in [2.45, 2.75) is 59.2 Å². The molecule has 1 unspecified atom stereocenters. The summed E-state index contributed by atoms with van der Waals surface area (Å²) in [5, 5.41) is 0. The Morgan fingerprint density at radius 1 is 1.15 bits per heavy atom. The first-order valence-electron chi connectivity index (χ1n) is 5.25. The van der Waals surface area contributed by atoms with E-state index < -0.39 is 0 Å². The van der Waals surface area contributed by atoms with Crippen LogP contribution in [0.5, 0.6) is 0 Å². The van der Waals surface area contributed by atoms with Gasteiger partial charge in [0, 0.05) is 6.61 Å². The van der Waals surface area contributed by atoms with Gasteiger partial charge in [0.15, 0.2) is 0 Å². The zero-order valence-corrected chi connectivity index (χ0v) is 9.72. The van der Waals surface area contributed by atoms with Gasteiger partial charge in [0.2, 0.25) is 0 Å². The Bertz CT molecular complexity index is 116. The number of ether oxygens (including phenoxy) is 2. The molecule has 0 aromatic rings. The van der Waals surface area contributed by atoms with E-state index >= 15 is 0 Å². The summed E-state index contributed by atoms with van der Waals surface area (Å²) in [6, 6.07) is 0. The molecule has 0 saturated carbocycles. The Labute approximate surface area is 82.6 Å². The fourth-order valence-corrected chi connectivity index (χ4v) is 0.911. The molecule has 0 aromatic heterocycles. The summed E-state index contributed by atoms with van der Waals surface area (Å²) in [6.07, 6.45) is 2.36. The van der Waals surface area contributed by atoms with Crippen molar-refractivity contribution in [3.05, 3.63) is 0 Å². The summed E-state index contributed by atoms with van der Waals surface area (Å²) in [4.78, 5) is 0. The molecule has 0 aliphatic rings. The third kappa shape index (κ3) is 8.26. The van der Waals surface area contributed by atoms with Crippen molar-refractivity contribution in [3.63, 3.8) is 0 Å². The quantitative estimate of drug-likeness (QED) is 0.638. The molecule has 0 fully saturated rings. The van der Waals surface area contributed by atoms with Crippen LogP contribution in [0.4, 0.5) is 0 Å². The van der Waals surface area contributed by atoms with Crippen molar-refractivity contribution >= 4 is 0 Å². The van der Waals surface area contributed by atoms with Crippen molar-refractivity contribution in [2.75, 3.05) is 13.2 Å². The standard InChI is InChI=1S/C11H24O2/c1-6-8-12-10(7-2)9-13-11(3,4)5/h10H,6-9H2,1-5H3. The summed E-state index contributed by atoms with van der Waals surface area (Å²) in [5.74, 6) is 0. The third-order valence-electron chi connectivity index (χ3n) is 1.72. The van der Waals surface area contributed by atoms with E-state index in [1.54, 1.807) is 0 Å². The van der Waals surface area contributed by atoms with Gasteiger partial charge in [-0.15, -0.1) is 0 Å². The van der Waals surface area contributed by atoms with Gasteiger partial charge in [-0.05, 0) is 33.6 Å². The molecule has 2 heteroatoms. The molecule has 0 N–H and O–H groups in total. The Morgan fingerprint density at radius 2 is 1.77 bits per heavy atom. The van der Waals surface area contributed by atoms with Crippen LogP contribution in [0.25, 0.3) is 0 Å². The molecule has 0 aliphatic carbocycles. The van der Waals surface area contributed by atoms with Crippen LogP contribution < -0.4 is 0 Å². The van der Waals surface area contributed by atoms with Gasteiger partial charge in [-0.25, -0.2) is 0 Å². The minimum absolute atomic E-state index is 0.0526. The van der Waals surface area contributed by atoms with E-state index in [9.17, 15) is 0 Å². The van der Waals surface area contributed by atoms with Crippen LogP contribution in [0, 0.1) is 0 Å². The number of hydrogen-bond acceptors (Lipinski definition) is 2. The molecule has 13 heavy (non-hydrogen) atoms. The van der Waals surface area contributed by atoms with E-state index in [0.29, 0.717) is 6.61 Å². The SMILES string of the molecule is CCCOC(CC)COC(C)(C)C. The van der Waals surface area contributed by atoms with E-state index in [2.05, 4.69) is 34.6 Å². The van der Waals surface area contributed by atoms with E-state index in [0.717, 1.165) is 19.4 Å². The predicted octanol–water partition coefficient (Wildman–Crippen LogP) is 3.01. The van der Waals surface area contributed by atoms with E-state index in [-0.39, 0.29) is 11.7 Å². The topological polar surface area (TPSA) is 18.5 Å². The van der Waals surface area contributed by atoms with Gasteiger partial charge in [-0.3, -0.25) is 0 Å². The molecule has 0 radical (unpaired) electrons. The molecule has 0 bridgehead atoms. The van der Waals surface area contributed by atoms with Gasteiger partial charge in [0.1, 0.15) is 0 Å². The highest BCUT2D eigenvalue weighted by molar-refractivity contribution is 4.62. The fourth-order valence-electron chi connectivity index (χ4n) is 0.911. The number of rotatable bonds is 6. The molecule has 0 spiro atoms. The molecule has 0 heterocycles. The molecule has 0 amide bonds. The van der Waals surface area contributed by atoms with Gasteiger partial charge in [-0.1, -0.05) is 13.8 Å². The first-order valence-corrected chi connectivity index (χ1v) is 5.25. The minimum Gasteiger partial charge on any atom is -0.376 e. The van der Waals surface area contributed by atoms with Crippen molar-refractivity contribution in [1.82, 2.24) is 0 Å². The fraction of sp³-hybridized carbons (Fsp3) is 1.00. The van der Waals surface area contributed by atoms with Crippen LogP contribution >= 0.6 is 0 Å². The Balaban J connectivity index is 3.59. The number of hydrogen-bond donors (Lipinski definition) is 0. The molecule has 2 nitrogen and oxygen atoms in total. The Kier molecular flexibility index (Phi) is 6.35. The average Bonchev–Trinajstić information content (AvgIpc) is 2.03. The maximum atomic E-state index is 5.65. The molecule has 0 aromatic carbocycles. The van der Waals surface area contributed by atoms with Crippen LogP contribution in [0.15, 0.2) is 0 Å². The normalized spacial score (nSPS) is 14.5. The molecular weight excluding hydrogens is 164 g/mol. The van der Waals surface area contributed by atoms with Crippen LogP contribution in [0.2, 0.25) is 0 Å². The lowest BCUT2D eigenvalue weighted by atomic mass is 10.2. The van der Waals surface area contributed by atoms with Crippen LogP contribution in [0.1, 0.15) is 47.5 Å². The molecular formula is C11H24O2. The van der Waals surface area contributed by atoms with Crippen LogP contribution in [-0.4, -0.2) is 24.9 Å². The Hall–Kier alpha value is -0.0800. The Morgan fingerprint density at radius 3 is 2.15 bits per heavy atom. The van der Waals surface area contributed by atoms with Gasteiger partial charge in [-0.2, -0.15) is 0 Å². The van der Waals surface area contributed by atoms with Crippen molar-refractivity contribution in [2.24, 2.45) is 0 Å². The second-order valence-electron chi connectivity index (χ2n) is 4.32. The largest absolute Gasteiger partial charge is 0.376 e. The molecule has 0 saturated heterocycles. The molecule has 0 aliphatic heterocycles. The minimum atomic E-state index is -0.0526. The smallest absolute Gasteiger partial charge is 0.0806 e. The first-order chi connectivity index (χ1) is 5.99. The second-order valence-corrected chi connectivity index (χ2v) is 4.32. The third-order valence-corrected chi connectivity index (χ3v) is 1.72. The maximum Gasteiger partial charge on any atom is 0.0806 e. The van der Waals surface area contributed by atoms with E-state index in [1.807, 2.05) is 0 Å². The zero-order chi connectivity index (χ0) is 10.3. The highest BCUT2D eigenvalue weighted by atomic mass is 16.5. The van der Waals surface area contributed by atoms with E-state index in [1.165, 1.54) is 0 Å². The molecule has 1 atom stereocenters. The zero-order valence-electron chi connectivity index (χ0n) is 9.72. The van der Waals surface area contributed by atoms with Crippen molar-refractivity contribution in [1.29, 1.82) is 0 Å². The monoisotopic (exact) mass is 188 g/mol.